The van der Waals surface area contributed by atoms with E-state index in [0.717, 1.165) is 31.2 Å². The van der Waals surface area contributed by atoms with E-state index >= 15 is 0 Å². The third-order valence-electron chi connectivity index (χ3n) is 6.63. The fraction of sp³-hybridized carbons (Fsp3) is 0.407. The largest absolute Gasteiger partial charge is 0.494 e. The van der Waals surface area contributed by atoms with Gasteiger partial charge in [0.25, 0.3) is 0 Å². The van der Waals surface area contributed by atoms with Crippen LogP contribution in [0, 0.1) is 11.7 Å². The topological polar surface area (TPSA) is 182 Å². The lowest BCUT2D eigenvalue weighted by atomic mass is 9.84. The van der Waals surface area contributed by atoms with Crippen LogP contribution in [0.25, 0.3) is 0 Å². The number of benzene rings is 2. The number of carbonyl (C=O) groups excluding carboxylic acids is 2. The molecule has 0 spiro atoms. The molecule has 1 aliphatic rings. The number of methoxy groups -OCH3 is 1. The molecule has 2 amide bonds. The Balaban J connectivity index is 1.64. The normalized spacial score (nSPS) is 15.4. The molecular weight excluding hydrogens is 503 g/mol. The smallest absolute Gasteiger partial charge is 0.245 e. The number of nitrogens with two attached hydrogens (primary N) is 3. The molecule has 11 nitrogen and oxygen atoms in total. The highest BCUT2D eigenvalue weighted by molar-refractivity contribution is 5.99. The number of hydrazine groups is 1. The molecule has 0 heterocycles. The number of ether oxygens (including phenoxy) is 1. The number of nitrogens with one attached hydrogen (secondary N) is 3. The van der Waals surface area contributed by atoms with Gasteiger partial charge in [-0.2, -0.15) is 0 Å². The third-order valence-corrected chi connectivity index (χ3v) is 6.63. The Bertz CT molecular complexity index is 1180. The second-order valence-corrected chi connectivity index (χ2v) is 9.50. The predicted molar refractivity (Wildman–Crippen MR) is 148 cm³/mol. The number of hydrazone groups is 1. The van der Waals surface area contributed by atoms with Crippen molar-refractivity contribution in [2.45, 2.75) is 57.5 Å². The lowest BCUT2D eigenvalue weighted by molar-refractivity contribution is -0.123. The first kappa shape index (κ1) is 29.4. The van der Waals surface area contributed by atoms with E-state index in [9.17, 15) is 14.0 Å². The van der Waals surface area contributed by atoms with Crippen LogP contribution in [0.2, 0.25) is 0 Å². The monoisotopic (exact) mass is 540 g/mol. The Hall–Kier alpha value is -4.19. The van der Waals surface area contributed by atoms with E-state index in [1.165, 1.54) is 25.7 Å². The zero-order valence-corrected chi connectivity index (χ0v) is 22.1. The molecule has 1 fully saturated rings. The van der Waals surface area contributed by atoms with Crippen molar-refractivity contribution in [3.05, 3.63) is 65.0 Å². The van der Waals surface area contributed by atoms with Crippen LogP contribution in [-0.4, -0.2) is 36.8 Å². The number of rotatable bonds is 11. The fourth-order valence-electron chi connectivity index (χ4n) is 4.58. The molecule has 3 rings (SSSR count). The van der Waals surface area contributed by atoms with Crippen molar-refractivity contribution < 1.29 is 18.7 Å². The zero-order valence-electron chi connectivity index (χ0n) is 22.1. The van der Waals surface area contributed by atoms with Crippen molar-refractivity contribution in [3.63, 3.8) is 0 Å². The molecule has 12 heteroatoms. The van der Waals surface area contributed by atoms with Gasteiger partial charge in [-0.3, -0.25) is 14.9 Å². The molecule has 2 aromatic carbocycles. The molecule has 210 valence electrons. The Morgan fingerprint density at radius 1 is 1.08 bits per heavy atom. The van der Waals surface area contributed by atoms with Gasteiger partial charge in [0, 0.05) is 12.1 Å². The van der Waals surface area contributed by atoms with Crippen molar-refractivity contribution in [2.24, 2.45) is 33.3 Å². The second-order valence-electron chi connectivity index (χ2n) is 9.50. The average Bonchev–Trinajstić information content (AvgIpc) is 2.93. The highest BCUT2D eigenvalue weighted by atomic mass is 19.1. The first-order valence-electron chi connectivity index (χ1n) is 12.9. The van der Waals surface area contributed by atoms with E-state index in [1.807, 2.05) is 0 Å². The van der Waals surface area contributed by atoms with Gasteiger partial charge in [-0.05, 0) is 35.6 Å². The summed E-state index contributed by atoms with van der Waals surface area (Å²) in [5, 5.41) is 9.14. The Labute approximate surface area is 227 Å². The maximum absolute atomic E-state index is 13.7. The second kappa shape index (κ2) is 14.7. The summed E-state index contributed by atoms with van der Waals surface area (Å²) in [6.45, 7) is 0.172. The van der Waals surface area contributed by atoms with Crippen molar-refractivity contribution in [2.75, 3.05) is 7.11 Å². The highest BCUT2D eigenvalue weighted by Gasteiger charge is 2.25. The van der Waals surface area contributed by atoms with Crippen molar-refractivity contribution in [1.29, 1.82) is 0 Å². The molecule has 1 aliphatic carbocycles. The zero-order chi connectivity index (χ0) is 28.2. The first-order valence-corrected chi connectivity index (χ1v) is 12.9. The maximum atomic E-state index is 13.7. The Kier molecular flexibility index (Phi) is 11.0. The summed E-state index contributed by atoms with van der Waals surface area (Å²) in [6, 6.07) is 10.6. The molecule has 0 unspecified atom stereocenters. The van der Waals surface area contributed by atoms with Gasteiger partial charge in [-0.15, -0.1) is 5.10 Å². The van der Waals surface area contributed by atoms with Crippen LogP contribution < -0.4 is 38.2 Å². The van der Waals surface area contributed by atoms with Crippen LogP contribution in [0.1, 0.15) is 55.2 Å². The van der Waals surface area contributed by atoms with Gasteiger partial charge >= 0.3 is 0 Å². The summed E-state index contributed by atoms with van der Waals surface area (Å²) in [5.74, 6) is 4.51. The van der Waals surface area contributed by atoms with Crippen molar-refractivity contribution in [1.82, 2.24) is 16.2 Å². The molecule has 9 N–H and O–H groups in total. The van der Waals surface area contributed by atoms with Gasteiger partial charge < -0.3 is 21.5 Å². The number of amides is 2. The molecule has 1 saturated carbocycles. The van der Waals surface area contributed by atoms with E-state index in [0.29, 0.717) is 23.5 Å². The number of hydrogen-bond donors (Lipinski definition) is 6. The fourth-order valence-corrected chi connectivity index (χ4v) is 4.58. The SMILES string of the molecule is COc1cc(CNC(=O)[C@@H](CC2CCCCC2)N=C(N)NC(=O)Cc2ccc(/C(N)=N/NN)cc2)ccc1F. The molecule has 0 bridgehead atoms. The third kappa shape index (κ3) is 9.25. The first-order chi connectivity index (χ1) is 18.8. The number of aliphatic imine (C=N–C) groups is 1. The van der Waals surface area contributed by atoms with Gasteiger partial charge in [0.1, 0.15) is 6.04 Å². The predicted octanol–water partition coefficient (Wildman–Crippen LogP) is 1.55. The molecule has 0 radical (unpaired) electrons. The van der Waals surface area contributed by atoms with Gasteiger partial charge in [0.2, 0.25) is 11.8 Å². The van der Waals surface area contributed by atoms with Crippen LogP contribution in [0.15, 0.2) is 52.6 Å². The van der Waals surface area contributed by atoms with E-state index in [2.05, 4.69) is 26.3 Å². The van der Waals surface area contributed by atoms with E-state index in [1.54, 1.807) is 30.3 Å². The lowest BCUT2D eigenvalue weighted by Crippen LogP contribution is -2.42. The molecule has 2 aromatic rings. The summed E-state index contributed by atoms with van der Waals surface area (Å²) < 4.78 is 18.7. The number of carbonyl (C=O) groups is 2. The number of halogens is 1. The number of hydrogen-bond acceptors (Lipinski definition) is 7. The summed E-state index contributed by atoms with van der Waals surface area (Å²) >= 11 is 0. The molecule has 0 saturated heterocycles. The number of nitrogens with zero attached hydrogens (tertiary/aromatic N) is 2. The van der Waals surface area contributed by atoms with Gasteiger partial charge in [0.15, 0.2) is 23.4 Å². The molecule has 0 aromatic heterocycles. The average molecular weight is 541 g/mol. The summed E-state index contributed by atoms with van der Waals surface area (Å²) in [4.78, 5) is 30.1. The van der Waals surface area contributed by atoms with Gasteiger partial charge in [-0.1, -0.05) is 62.4 Å². The summed E-state index contributed by atoms with van der Waals surface area (Å²) in [5.41, 5.74) is 16.0. The van der Waals surface area contributed by atoms with Crippen LogP contribution in [0.4, 0.5) is 4.39 Å². The van der Waals surface area contributed by atoms with E-state index in [4.69, 9.17) is 22.0 Å². The minimum Gasteiger partial charge on any atom is -0.494 e. The van der Waals surface area contributed by atoms with E-state index < -0.39 is 11.9 Å². The number of amidine groups is 1. The number of guanidine groups is 1. The minimum absolute atomic E-state index is 0.0502. The van der Waals surface area contributed by atoms with Gasteiger partial charge in [-0.25, -0.2) is 20.8 Å². The Morgan fingerprint density at radius 2 is 1.77 bits per heavy atom. The van der Waals surface area contributed by atoms with Crippen LogP contribution >= 0.6 is 0 Å². The summed E-state index contributed by atoms with van der Waals surface area (Å²) in [6.07, 6.45) is 6.03. The van der Waals surface area contributed by atoms with Crippen molar-refractivity contribution >= 4 is 23.6 Å². The standard InChI is InChI=1S/C27H37FN8O3/c1-39-23-14-19(9-12-21(23)28)16-32-26(38)22(13-17-5-3-2-4-6-17)33-27(30)34-24(37)15-18-7-10-20(11-8-18)25(29)35-36-31/h7-12,14,17,22,36H,2-6,13,15-16,31H2,1H3,(H2,29,35)(H,32,38)(H3,30,33,34,37)/t22-/m1/s1. The minimum atomic E-state index is -0.770. The van der Waals surface area contributed by atoms with E-state index in [-0.39, 0.29) is 42.3 Å². The maximum Gasteiger partial charge on any atom is 0.245 e. The lowest BCUT2D eigenvalue weighted by Gasteiger charge is -2.24. The molecule has 39 heavy (non-hydrogen) atoms. The quantitative estimate of drug-likeness (QED) is 0.108. The van der Waals surface area contributed by atoms with Crippen LogP contribution in [0.3, 0.4) is 0 Å². The highest BCUT2D eigenvalue weighted by Crippen LogP contribution is 2.28. The Morgan fingerprint density at radius 3 is 2.44 bits per heavy atom. The van der Waals surface area contributed by atoms with Gasteiger partial charge in [0.05, 0.1) is 13.5 Å². The molecule has 1 atom stereocenters. The van der Waals surface area contributed by atoms with Crippen LogP contribution in [0.5, 0.6) is 5.75 Å². The van der Waals surface area contributed by atoms with Crippen molar-refractivity contribution in [3.8, 4) is 5.75 Å². The molecular formula is C27H37FN8O3. The molecule has 0 aliphatic heterocycles. The summed E-state index contributed by atoms with van der Waals surface area (Å²) in [7, 11) is 1.38. The van der Waals surface area contributed by atoms with Crippen LogP contribution in [-0.2, 0) is 22.6 Å².